The predicted molar refractivity (Wildman–Crippen MR) is 81.9 cm³/mol. The second kappa shape index (κ2) is 9.18. The summed E-state index contributed by atoms with van der Waals surface area (Å²) in [5, 5.41) is 6.37. The molecule has 0 aliphatic carbocycles. The SMILES string of the molecule is CCNC(=NCCCCCOC)NC1CCS(=O)(=O)C1. The normalized spacial score (nSPS) is 21.9. The standard InChI is InChI=1S/C13H27N3O3S/c1-3-14-13(15-8-5-4-6-9-19-2)16-12-7-10-20(17,18)11-12/h12H,3-11H2,1-2H3,(H2,14,15,16). The van der Waals surface area contributed by atoms with E-state index in [9.17, 15) is 8.42 Å². The largest absolute Gasteiger partial charge is 0.385 e. The highest BCUT2D eigenvalue weighted by atomic mass is 32.2. The van der Waals surface area contributed by atoms with E-state index in [1.165, 1.54) is 0 Å². The number of methoxy groups -OCH3 is 1. The summed E-state index contributed by atoms with van der Waals surface area (Å²) in [7, 11) is -1.14. The van der Waals surface area contributed by atoms with Gasteiger partial charge in [0.1, 0.15) is 0 Å². The van der Waals surface area contributed by atoms with Gasteiger partial charge in [-0.25, -0.2) is 8.42 Å². The van der Waals surface area contributed by atoms with Gasteiger partial charge in [0, 0.05) is 32.8 Å². The predicted octanol–water partition coefficient (Wildman–Crippen LogP) is 0.545. The Morgan fingerprint density at radius 2 is 2.15 bits per heavy atom. The van der Waals surface area contributed by atoms with Crippen LogP contribution in [0.1, 0.15) is 32.6 Å². The van der Waals surface area contributed by atoms with Gasteiger partial charge in [-0.2, -0.15) is 0 Å². The van der Waals surface area contributed by atoms with E-state index in [0.717, 1.165) is 44.9 Å². The fourth-order valence-electron chi connectivity index (χ4n) is 2.15. The van der Waals surface area contributed by atoms with Crippen molar-refractivity contribution in [3.63, 3.8) is 0 Å². The minimum Gasteiger partial charge on any atom is -0.385 e. The summed E-state index contributed by atoms with van der Waals surface area (Å²) in [4.78, 5) is 4.48. The molecule has 1 atom stereocenters. The number of nitrogens with one attached hydrogen (secondary N) is 2. The van der Waals surface area contributed by atoms with Crippen molar-refractivity contribution in [2.45, 2.75) is 38.6 Å². The summed E-state index contributed by atoms with van der Waals surface area (Å²) in [5.41, 5.74) is 0. The fraction of sp³-hybridized carbons (Fsp3) is 0.923. The first kappa shape index (κ1) is 17.2. The first-order valence-electron chi connectivity index (χ1n) is 7.31. The molecule has 2 N–H and O–H groups in total. The van der Waals surface area contributed by atoms with E-state index in [2.05, 4.69) is 15.6 Å². The lowest BCUT2D eigenvalue weighted by Gasteiger charge is -2.15. The van der Waals surface area contributed by atoms with Gasteiger partial charge < -0.3 is 15.4 Å². The number of nitrogens with zero attached hydrogens (tertiary/aromatic N) is 1. The van der Waals surface area contributed by atoms with Gasteiger partial charge in [-0.05, 0) is 32.6 Å². The van der Waals surface area contributed by atoms with Crippen molar-refractivity contribution in [3.05, 3.63) is 0 Å². The Labute approximate surface area is 122 Å². The van der Waals surface area contributed by atoms with Gasteiger partial charge in [0.25, 0.3) is 0 Å². The zero-order valence-corrected chi connectivity index (χ0v) is 13.3. The Hall–Kier alpha value is -0.820. The van der Waals surface area contributed by atoms with Crippen LogP contribution in [0, 0.1) is 0 Å². The Kier molecular flexibility index (Phi) is 7.91. The summed E-state index contributed by atoms with van der Waals surface area (Å²) in [6, 6.07) is -0.00806. The lowest BCUT2D eigenvalue weighted by molar-refractivity contribution is 0.192. The van der Waals surface area contributed by atoms with Crippen LogP contribution >= 0.6 is 0 Å². The maximum atomic E-state index is 11.4. The average molecular weight is 305 g/mol. The van der Waals surface area contributed by atoms with Crippen molar-refractivity contribution in [1.82, 2.24) is 10.6 Å². The number of ether oxygens (including phenoxy) is 1. The summed E-state index contributed by atoms with van der Waals surface area (Å²) >= 11 is 0. The molecule has 7 heteroatoms. The van der Waals surface area contributed by atoms with Crippen LogP contribution in [0.2, 0.25) is 0 Å². The minimum absolute atomic E-state index is 0.00806. The molecule has 1 rings (SSSR count). The van der Waals surface area contributed by atoms with E-state index in [1.807, 2.05) is 6.92 Å². The minimum atomic E-state index is -2.85. The Bertz CT molecular complexity index is 396. The first-order valence-corrected chi connectivity index (χ1v) is 9.13. The summed E-state index contributed by atoms with van der Waals surface area (Å²) in [6.07, 6.45) is 3.83. The number of guanidine groups is 1. The number of unbranched alkanes of at least 4 members (excludes halogenated alkanes) is 2. The van der Waals surface area contributed by atoms with Gasteiger partial charge in [0.15, 0.2) is 15.8 Å². The van der Waals surface area contributed by atoms with Gasteiger partial charge >= 0.3 is 0 Å². The molecule has 0 amide bonds. The second-order valence-corrected chi connectivity index (χ2v) is 7.29. The maximum absolute atomic E-state index is 11.4. The molecule has 1 unspecified atom stereocenters. The molecule has 0 spiro atoms. The van der Waals surface area contributed by atoms with Crippen molar-refractivity contribution in [1.29, 1.82) is 0 Å². The van der Waals surface area contributed by atoms with Crippen LogP contribution in [0.15, 0.2) is 4.99 Å². The highest BCUT2D eigenvalue weighted by Gasteiger charge is 2.28. The third kappa shape index (κ3) is 7.09. The van der Waals surface area contributed by atoms with Gasteiger partial charge in [-0.1, -0.05) is 0 Å². The van der Waals surface area contributed by atoms with Crippen LogP contribution in [0.25, 0.3) is 0 Å². The van der Waals surface area contributed by atoms with E-state index < -0.39 is 9.84 Å². The molecule has 0 radical (unpaired) electrons. The van der Waals surface area contributed by atoms with Crippen LogP contribution in [-0.2, 0) is 14.6 Å². The summed E-state index contributed by atoms with van der Waals surface area (Å²) in [6.45, 7) is 4.32. The monoisotopic (exact) mass is 305 g/mol. The van der Waals surface area contributed by atoms with E-state index in [0.29, 0.717) is 6.42 Å². The van der Waals surface area contributed by atoms with Crippen LogP contribution in [0.5, 0.6) is 0 Å². The topological polar surface area (TPSA) is 79.8 Å². The number of aliphatic imine (C=N–C) groups is 1. The number of hydrogen-bond donors (Lipinski definition) is 2. The lowest BCUT2D eigenvalue weighted by atomic mass is 10.2. The molecule has 6 nitrogen and oxygen atoms in total. The van der Waals surface area contributed by atoms with Gasteiger partial charge in [0.05, 0.1) is 11.5 Å². The molecule has 1 aliphatic heterocycles. The molecule has 1 aliphatic rings. The van der Waals surface area contributed by atoms with Crippen molar-refractivity contribution in [2.75, 3.05) is 38.3 Å². The van der Waals surface area contributed by atoms with Crippen molar-refractivity contribution in [3.8, 4) is 0 Å². The molecular formula is C13H27N3O3S. The summed E-state index contributed by atoms with van der Waals surface area (Å²) in [5.74, 6) is 1.22. The average Bonchev–Trinajstić information content (AvgIpc) is 2.73. The van der Waals surface area contributed by atoms with E-state index in [4.69, 9.17) is 4.74 Å². The molecule has 1 heterocycles. The summed E-state index contributed by atoms with van der Waals surface area (Å²) < 4.78 is 27.9. The maximum Gasteiger partial charge on any atom is 0.191 e. The Balaban J connectivity index is 2.32. The van der Waals surface area contributed by atoms with Crippen LogP contribution in [0.4, 0.5) is 0 Å². The fourth-order valence-corrected chi connectivity index (χ4v) is 3.82. The van der Waals surface area contributed by atoms with Gasteiger partial charge in [-0.3, -0.25) is 4.99 Å². The Morgan fingerprint density at radius 3 is 2.75 bits per heavy atom. The molecular weight excluding hydrogens is 278 g/mol. The molecule has 0 aromatic rings. The zero-order chi connectivity index (χ0) is 14.8. The van der Waals surface area contributed by atoms with Crippen molar-refractivity contribution >= 4 is 15.8 Å². The highest BCUT2D eigenvalue weighted by Crippen LogP contribution is 2.10. The quantitative estimate of drug-likeness (QED) is 0.389. The second-order valence-electron chi connectivity index (χ2n) is 5.06. The molecule has 20 heavy (non-hydrogen) atoms. The zero-order valence-electron chi connectivity index (χ0n) is 12.5. The third-order valence-corrected chi connectivity index (χ3v) is 4.96. The molecule has 1 saturated heterocycles. The molecule has 1 fully saturated rings. The van der Waals surface area contributed by atoms with Crippen molar-refractivity contribution in [2.24, 2.45) is 4.99 Å². The molecule has 0 saturated carbocycles. The van der Waals surface area contributed by atoms with E-state index >= 15 is 0 Å². The Morgan fingerprint density at radius 1 is 1.35 bits per heavy atom. The molecule has 0 aromatic carbocycles. The van der Waals surface area contributed by atoms with Crippen molar-refractivity contribution < 1.29 is 13.2 Å². The number of rotatable bonds is 8. The third-order valence-electron chi connectivity index (χ3n) is 3.19. The number of hydrogen-bond acceptors (Lipinski definition) is 4. The smallest absolute Gasteiger partial charge is 0.191 e. The van der Waals surface area contributed by atoms with Gasteiger partial charge in [0.2, 0.25) is 0 Å². The molecule has 0 bridgehead atoms. The van der Waals surface area contributed by atoms with Crippen LogP contribution < -0.4 is 10.6 Å². The lowest BCUT2D eigenvalue weighted by Crippen LogP contribution is -2.44. The highest BCUT2D eigenvalue weighted by molar-refractivity contribution is 7.91. The van der Waals surface area contributed by atoms with E-state index in [1.54, 1.807) is 7.11 Å². The van der Waals surface area contributed by atoms with Gasteiger partial charge in [-0.15, -0.1) is 0 Å². The number of sulfone groups is 1. The molecule has 0 aromatic heterocycles. The van der Waals surface area contributed by atoms with Crippen LogP contribution in [-0.4, -0.2) is 58.7 Å². The van der Waals surface area contributed by atoms with E-state index in [-0.39, 0.29) is 17.5 Å². The van der Waals surface area contributed by atoms with Crippen LogP contribution in [0.3, 0.4) is 0 Å². The first-order chi connectivity index (χ1) is 9.57. The molecule has 118 valence electrons.